The van der Waals surface area contributed by atoms with Gasteiger partial charge in [0.05, 0.1) is 31.6 Å². The van der Waals surface area contributed by atoms with Crippen LogP contribution in [0.25, 0.3) is 5.76 Å². The Bertz CT molecular complexity index is 1200. The van der Waals surface area contributed by atoms with E-state index in [1.165, 1.54) is 43.6 Å². The summed E-state index contributed by atoms with van der Waals surface area (Å²) in [6.45, 7) is 0.160. The predicted octanol–water partition coefficient (Wildman–Crippen LogP) is 4.10. The number of hydrogen-bond donors (Lipinski definition) is 1. The lowest BCUT2D eigenvalue weighted by Gasteiger charge is -2.23. The summed E-state index contributed by atoms with van der Waals surface area (Å²) in [4.78, 5) is 27.4. The first-order valence-corrected chi connectivity index (χ1v) is 10.2. The molecule has 1 N–H and O–H groups in total. The Morgan fingerprint density at radius 3 is 2.48 bits per heavy atom. The zero-order chi connectivity index (χ0) is 23.5. The molecule has 1 unspecified atom stereocenters. The molecule has 0 radical (unpaired) electrons. The van der Waals surface area contributed by atoms with Crippen LogP contribution in [-0.4, -0.2) is 42.5 Å². The highest BCUT2D eigenvalue weighted by Gasteiger charge is 2.47. The fraction of sp³-hybridized carbons (Fsp3) is 0.200. The summed E-state index contributed by atoms with van der Waals surface area (Å²) in [5, 5.41) is 11.2. The number of methoxy groups -OCH3 is 2. The highest BCUT2D eigenvalue weighted by Crippen LogP contribution is 2.41. The minimum absolute atomic E-state index is 0.111. The number of carbonyl (C=O) groups excluding carboxylic acids is 2. The maximum Gasteiger partial charge on any atom is 0.295 e. The molecule has 170 valence electrons. The van der Waals surface area contributed by atoms with Gasteiger partial charge in [0.25, 0.3) is 11.7 Å². The lowest BCUT2D eigenvalue weighted by atomic mass is 9.98. The number of Topliss-reactive ketones (excluding diaryl/α,β-unsaturated/α-hetero) is 1. The Hall–Kier alpha value is -4.07. The predicted molar refractivity (Wildman–Crippen MR) is 117 cm³/mol. The van der Waals surface area contributed by atoms with Crippen molar-refractivity contribution in [1.82, 2.24) is 4.90 Å². The zero-order valence-electron chi connectivity index (χ0n) is 18.1. The molecule has 1 saturated heterocycles. The number of ether oxygens (including phenoxy) is 2. The second-order valence-electron chi connectivity index (χ2n) is 7.45. The summed E-state index contributed by atoms with van der Waals surface area (Å²) < 4.78 is 29.3. The molecular formula is C25H22FNO6. The van der Waals surface area contributed by atoms with Gasteiger partial charge in [0, 0.05) is 6.54 Å². The van der Waals surface area contributed by atoms with E-state index in [0.717, 1.165) is 5.56 Å². The van der Waals surface area contributed by atoms with Crippen LogP contribution in [0.2, 0.25) is 0 Å². The van der Waals surface area contributed by atoms with Crippen molar-refractivity contribution in [2.24, 2.45) is 0 Å². The lowest BCUT2D eigenvalue weighted by molar-refractivity contribution is -0.140. The fourth-order valence-electron chi connectivity index (χ4n) is 3.90. The average molecular weight is 451 g/mol. The monoisotopic (exact) mass is 451 g/mol. The van der Waals surface area contributed by atoms with Crippen LogP contribution < -0.4 is 9.47 Å². The van der Waals surface area contributed by atoms with Gasteiger partial charge in [0.15, 0.2) is 0 Å². The van der Waals surface area contributed by atoms with Crippen molar-refractivity contribution in [2.45, 2.75) is 12.5 Å². The lowest BCUT2D eigenvalue weighted by Crippen LogP contribution is -2.31. The van der Waals surface area contributed by atoms with E-state index >= 15 is 0 Å². The first kappa shape index (κ1) is 22.1. The smallest absolute Gasteiger partial charge is 0.295 e. The van der Waals surface area contributed by atoms with Gasteiger partial charge in [-0.2, -0.15) is 0 Å². The molecule has 8 heteroatoms. The van der Waals surface area contributed by atoms with Crippen LogP contribution in [0.5, 0.6) is 11.5 Å². The van der Waals surface area contributed by atoms with Crippen LogP contribution >= 0.6 is 0 Å². The second-order valence-corrected chi connectivity index (χ2v) is 7.45. The van der Waals surface area contributed by atoms with E-state index in [1.54, 1.807) is 36.4 Å². The molecule has 0 bridgehead atoms. The van der Waals surface area contributed by atoms with E-state index in [2.05, 4.69) is 0 Å². The van der Waals surface area contributed by atoms with Crippen LogP contribution in [0.4, 0.5) is 4.39 Å². The third-order valence-corrected chi connectivity index (χ3v) is 5.57. The Morgan fingerprint density at radius 2 is 1.85 bits per heavy atom. The highest BCUT2D eigenvalue weighted by molar-refractivity contribution is 6.46. The van der Waals surface area contributed by atoms with Gasteiger partial charge in [0.1, 0.15) is 34.9 Å². The number of rotatable bonds is 7. The largest absolute Gasteiger partial charge is 0.507 e. The summed E-state index contributed by atoms with van der Waals surface area (Å²) >= 11 is 0. The number of likely N-dealkylation sites (tertiary alicyclic amines) is 1. The van der Waals surface area contributed by atoms with Gasteiger partial charge >= 0.3 is 0 Å². The highest BCUT2D eigenvalue weighted by atomic mass is 19.1. The number of amides is 1. The molecule has 33 heavy (non-hydrogen) atoms. The van der Waals surface area contributed by atoms with Gasteiger partial charge in [0.2, 0.25) is 0 Å². The molecule has 1 atom stereocenters. The van der Waals surface area contributed by atoms with Crippen LogP contribution in [0.1, 0.15) is 22.9 Å². The van der Waals surface area contributed by atoms with E-state index < -0.39 is 23.5 Å². The van der Waals surface area contributed by atoms with E-state index in [9.17, 15) is 19.1 Å². The summed E-state index contributed by atoms with van der Waals surface area (Å²) in [6, 6.07) is 13.0. The summed E-state index contributed by atoms with van der Waals surface area (Å²) in [5.74, 6) is -1.27. The fourth-order valence-corrected chi connectivity index (χ4v) is 3.90. The van der Waals surface area contributed by atoms with Gasteiger partial charge in [-0.15, -0.1) is 0 Å². The number of benzene rings is 2. The molecule has 4 rings (SSSR count). The maximum absolute atomic E-state index is 13.2. The van der Waals surface area contributed by atoms with Gasteiger partial charge in [-0.25, -0.2) is 4.39 Å². The molecule has 0 spiro atoms. The number of ketones is 1. The molecule has 7 nitrogen and oxygen atoms in total. The van der Waals surface area contributed by atoms with E-state index in [-0.39, 0.29) is 23.5 Å². The Labute approximate surface area is 189 Å². The molecule has 0 aliphatic carbocycles. The third kappa shape index (κ3) is 4.19. The topological polar surface area (TPSA) is 89.2 Å². The second kappa shape index (κ2) is 9.20. The van der Waals surface area contributed by atoms with Crippen molar-refractivity contribution in [1.29, 1.82) is 0 Å². The van der Waals surface area contributed by atoms with Crippen LogP contribution in [0.3, 0.4) is 0 Å². The first-order valence-electron chi connectivity index (χ1n) is 10.2. The molecule has 0 saturated carbocycles. The number of halogens is 1. The summed E-state index contributed by atoms with van der Waals surface area (Å²) in [5.41, 5.74) is 0.900. The number of hydrogen-bond acceptors (Lipinski definition) is 6. The maximum atomic E-state index is 13.2. The van der Waals surface area contributed by atoms with Crippen LogP contribution in [-0.2, 0) is 16.0 Å². The van der Waals surface area contributed by atoms with Crippen molar-refractivity contribution in [2.75, 3.05) is 20.8 Å². The molecule has 1 aliphatic heterocycles. The number of furan rings is 1. The number of aliphatic hydroxyl groups excluding tert-OH is 1. The zero-order valence-corrected chi connectivity index (χ0v) is 18.1. The standard InChI is InChI=1S/C25H22FNO6/c1-31-17-9-10-19(32-2)18(14-17)23(28)21-22(20-4-3-13-33-20)27(25(30)24(21)29)12-11-15-5-7-16(26)8-6-15/h3-10,13-14,22,28H,11-12H2,1-2H3/b23-21-. The summed E-state index contributed by atoms with van der Waals surface area (Å²) in [7, 11) is 2.91. The molecule has 1 amide bonds. The molecule has 2 heterocycles. The first-order chi connectivity index (χ1) is 15.9. The number of aliphatic hydroxyl groups is 1. The Kier molecular flexibility index (Phi) is 6.17. The third-order valence-electron chi connectivity index (χ3n) is 5.57. The molecule has 1 aliphatic rings. The Balaban J connectivity index is 1.78. The van der Waals surface area contributed by atoms with Gasteiger partial charge < -0.3 is 23.9 Å². The van der Waals surface area contributed by atoms with Crippen molar-refractivity contribution in [3.05, 3.63) is 89.1 Å². The molecule has 1 aromatic heterocycles. The average Bonchev–Trinajstić information content (AvgIpc) is 3.45. The molecule has 2 aromatic carbocycles. The van der Waals surface area contributed by atoms with Crippen molar-refractivity contribution in [3.8, 4) is 11.5 Å². The molecular weight excluding hydrogens is 429 g/mol. The summed E-state index contributed by atoms with van der Waals surface area (Å²) in [6.07, 6.45) is 1.81. The van der Waals surface area contributed by atoms with Crippen molar-refractivity contribution < 1.29 is 33.0 Å². The van der Waals surface area contributed by atoms with Crippen LogP contribution in [0, 0.1) is 5.82 Å². The normalized spacial score (nSPS) is 17.4. The van der Waals surface area contributed by atoms with E-state index in [0.29, 0.717) is 23.7 Å². The Morgan fingerprint density at radius 1 is 1.09 bits per heavy atom. The molecule has 3 aromatic rings. The van der Waals surface area contributed by atoms with E-state index in [4.69, 9.17) is 13.9 Å². The van der Waals surface area contributed by atoms with Gasteiger partial charge in [-0.05, 0) is 54.4 Å². The molecule has 1 fully saturated rings. The van der Waals surface area contributed by atoms with E-state index in [1.807, 2.05) is 0 Å². The van der Waals surface area contributed by atoms with Crippen LogP contribution in [0.15, 0.2) is 70.9 Å². The van der Waals surface area contributed by atoms with Crippen molar-refractivity contribution >= 4 is 17.4 Å². The minimum Gasteiger partial charge on any atom is -0.507 e. The SMILES string of the molecule is COc1ccc(OC)c(/C(O)=C2/C(=O)C(=O)N(CCc3ccc(F)cc3)C2c2ccco2)c1. The number of nitrogens with zero attached hydrogens (tertiary/aromatic N) is 1. The van der Waals surface area contributed by atoms with Gasteiger partial charge in [-0.1, -0.05) is 12.1 Å². The minimum atomic E-state index is -0.934. The van der Waals surface area contributed by atoms with Crippen molar-refractivity contribution in [3.63, 3.8) is 0 Å². The quantitative estimate of drug-likeness (QED) is 0.331. The van der Waals surface area contributed by atoms with Gasteiger partial charge in [-0.3, -0.25) is 9.59 Å². The number of carbonyl (C=O) groups is 2.